The molecule has 1 saturated carbocycles. The summed E-state index contributed by atoms with van der Waals surface area (Å²) in [6.07, 6.45) is 10.3. The molecular formula is C31H41ClN6O. The zero-order valence-corrected chi connectivity index (χ0v) is 23.9. The molecule has 2 aromatic rings. The predicted molar refractivity (Wildman–Crippen MR) is 156 cm³/mol. The van der Waals surface area contributed by atoms with E-state index in [9.17, 15) is 4.79 Å². The van der Waals surface area contributed by atoms with Crippen molar-refractivity contribution in [1.29, 1.82) is 5.26 Å². The molecule has 208 valence electrons. The van der Waals surface area contributed by atoms with E-state index in [0.29, 0.717) is 34.2 Å². The molecule has 0 unspecified atom stereocenters. The second-order valence-electron chi connectivity index (χ2n) is 11.6. The summed E-state index contributed by atoms with van der Waals surface area (Å²) in [5, 5.41) is 12.7. The van der Waals surface area contributed by atoms with E-state index in [1.807, 2.05) is 12.1 Å². The van der Waals surface area contributed by atoms with Crippen molar-refractivity contribution in [2.24, 2.45) is 5.92 Å². The summed E-state index contributed by atoms with van der Waals surface area (Å²) in [4.78, 5) is 24.8. The summed E-state index contributed by atoms with van der Waals surface area (Å²) >= 11 is 6.67. The van der Waals surface area contributed by atoms with Gasteiger partial charge in [0.05, 0.1) is 22.2 Å². The van der Waals surface area contributed by atoms with Crippen molar-refractivity contribution < 1.29 is 4.79 Å². The van der Waals surface area contributed by atoms with Crippen LogP contribution in [0, 0.1) is 17.2 Å². The number of pyridine rings is 1. The molecule has 39 heavy (non-hydrogen) atoms. The third-order valence-electron chi connectivity index (χ3n) is 8.85. The molecule has 3 heterocycles. The minimum atomic E-state index is -0.0785. The Morgan fingerprint density at radius 2 is 1.82 bits per heavy atom. The summed E-state index contributed by atoms with van der Waals surface area (Å²) in [6, 6.07) is 12.9. The highest BCUT2D eigenvalue weighted by molar-refractivity contribution is 6.33. The van der Waals surface area contributed by atoms with Crippen molar-refractivity contribution in [1.82, 2.24) is 20.1 Å². The number of aromatic nitrogens is 1. The van der Waals surface area contributed by atoms with Gasteiger partial charge in [0.1, 0.15) is 5.82 Å². The lowest BCUT2D eigenvalue weighted by Crippen LogP contribution is -2.57. The lowest BCUT2D eigenvalue weighted by molar-refractivity contribution is 0.0690. The smallest absolute Gasteiger partial charge is 0.252 e. The Morgan fingerprint density at radius 1 is 1.08 bits per heavy atom. The van der Waals surface area contributed by atoms with Crippen molar-refractivity contribution in [2.75, 3.05) is 44.2 Å². The van der Waals surface area contributed by atoms with E-state index in [-0.39, 0.29) is 5.91 Å². The fraction of sp³-hybridized carbons (Fsp3) is 0.581. The monoisotopic (exact) mass is 548 g/mol. The molecule has 0 bridgehead atoms. The molecule has 1 N–H and O–H groups in total. The zero-order chi connectivity index (χ0) is 27.2. The average molecular weight is 549 g/mol. The van der Waals surface area contributed by atoms with Gasteiger partial charge in [0.15, 0.2) is 0 Å². The number of rotatable bonds is 7. The first-order valence-electron chi connectivity index (χ1n) is 14.7. The number of likely N-dealkylation sites (tertiary alicyclic amines) is 1. The summed E-state index contributed by atoms with van der Waals surface area (Å²) in [5.74, 6) is 1.30. The van der Waals surface area contributed by atoms with Gasteiger partial charge < -0.3 is 10.2 Å². The Morgan fingerprint density at radius 3 is 2.49 bits per heavy atom. The molecule has 2 saturated heterocycles. The Bertz CT molecular complexity index is 1150. The standard InChI is InChI=1S/C31H41ClN6O/c1-23-21-37(30-29(32)17-27(20-34-30)31(39)35-19-25-5-3-2-4-6-25)15-16-38(23)28-11-13-36(14-12-28)22-26-9-7-24(18-33)8-10-26/h7-10,17,20,23,25,28H,2-6,11-16,19,21-22H2,1H3,(H,35,39)/t23-/m1/s1. The number of piperidine rings is 1. The van der Waals surface area contributed by atoms with Crippen LogP contribution in [0.2, 0.25) is 5.02 Å². The molecular weight excluding hydrogens is 508 g/mol. The number of anilines is 1. The second-order valence-corrected chi connectivity index (χ2v) is 12.0. The highest BCUT2D eigenvalue weighted by Crippen LogP contribution is 2.29. The maximum Gasteiger partial charge on any atom is 0.252 e. The summed E-state index contributed by atoms with van der Waals surface area (Å²) in [5.41, 5.74) is 2.53. The average Bonchev–Trinajstić information content (AvgIpc) is 2.97. The number of piperazine rings is 1. The molecule has 7 nitrogen and oxygen atoms in total. The number of amides is 1. The van der Waals surface area contributed by atoms with Crippen molar-refractivity contribution in [3.05, 3.63) is 58.2 Å². The van der Waals surface area contributed by atoms with Crippen LogP contribution in [-0.4, -0.2) is 72.0 Å². The summed E-state index contributed by atoms with van der Waals surface area (Å²) in [6.45, 7) is 8.93. The topological polar surface area (TPSA) is 75.5 Å². The third-order valence-corrected chi connectivity index (χ3v) is 9.13. The summed E-state index contributed by atoms with van der Waals surface area (Å²) < 4.78 is 0. The number of carbonyl (C=O) groups is 1. The van der Waals surface area contributed by atoms with Crippen LogP contribution < -0.4 is 10.2 Å². The number of nitrogens with one attached hydrogen (secondary N) is 1. The van der Waals surface area contributed by atoms with Crippen LogP contribution in [0.15, 0.2) is 36.5 Å². The van der Waals surface area contributed by atoms with E-state index in [4.69, 9.17) is 16.9 Å². The molecule has 2 aliphatic heterocycles. The molecule has 8 heteroatoms. The maximum atomic E-state index is 12.7. The van der Waals surface area contributed by atoms with Gasteiger partial charge in [-0.05, 0) is 75.4 Å². The fourth-order valence-corrected chi connectivity index (χ4v) is 6.86. The van der Waals surface area contributed by atoms with Crippen molar-refractivity contribution in [3.63, 3.8) is 0 Å². The number of hydrogen-bond donors (Lipinski definition) is 1. The number of nitrogens with zero attached hydrogens (tertiary/aromatic N) is 5. The minimum absolute atomic E-state index is 0.0785. The molecule has 1 aromatic carbocycles. The highest BCUT2D eigenvalue weighted by atomic mass is 35.5. The SMILES string of the molecule is C[C@@H]1CN(c2ncc(C(=O)NCC3CCCCC3)cc2Cl)CCN1C1CCN(Cc2ccc(C#N)cc2)CC1. The van der Waals surface area contributed by atoms with Crippen LogP contribution in [0.25, 0.3) is 0 Å². The number of benzene rings is 1. The van der Waals surface area contributed by atoms with Crippen LogP contribution in [-0.2, 0) is 6.54 Å². The lowest BCUT2D eigenvalue weighted by atomic mass is 9.89. The van der Waals surface area contributed by atoms with Crippen LogP contribution >= 0.6 is 11.6 Å². The molecule has 1 atom stereocenters. The van der Waals surface area contributed by atoms with E-state index in [2.05, 4.69) is 50.1 Å². The highest BCUT2D eigenvalue weighted by Gasteiger charge is 2.32. The van der Waals surface area contributed by atoms with E-state index in [1.54, 1.807) is 12.3 Å². The first-order valence-corrected chi connectivity index (χ1v) is 15.0. The first-order chi connectivity index (χ1) is 19.0. The molecule has 3 aliphatic rings. The molecule has 3 fully saturated rings. The Hall–Kier alpha value is -2.66. The molecule has 1 aromatic heterocycles. The van der Waals surface area contributed by atoms with Gasteiger partial charge in [-0.2, -0.15) is 5.26 Å². The van der Waals surface area contributed by atoms with Gasteiger partial charge in [-0.25, -0.2) is 4.98 Å². The van der Waals surface area contributed by atoms with E-state index in [1.165, 1.54) is 50.5 Å². The van der Waals surface area contributed by atoms with E-state index < -0.39 is 0 Å². The fourth-order valence-electron chi connectivity index (χ4n) is 6.58. The number of carbonyl (C=O) groups excluding carboxylic acids is 1. The molecule has 0 radical (unpaired) electrons. The van der Waals surface area contributed by atoms with Crippen LogP contribution in [0.4, 0.5) is 5.82 Å². The largest absolute Gasteiger partial charge is 0.353 e. The van der Waals surface area contributed by atoms with Gasteiger partial charge in [-0.15, -0.1) is 0 Å². The van der Waals surface area contributed by atoms with Gasteiger partial charge in [-0.1, -0.05) is 43.0 Å². The molecule has 0 spiro atoms. The normalized spacial score (nSPS) is 22.0. The Balaban J connectivity index is 1.09. The van der Waals surface area contributed by atoms with Crippen LogP contribution in [0.1, 0.15) is 73.4 Å². The number of hydrogen-bond acceptors (Lipinski definition) is 6. The minimum Gasteiger partial charge on any atom is -0.353 e. The lowest BCUT2D eigenvalue weighted by Gasteiger charge is -2.47. The number of halogens is 1. The zero-order valence-electron chi connectivity index (χ0n) is 23.1. The van der Waals surface area contributed by atoms with Gasteiger partial charge in [0, 0.05) is 51.0 Å². The van der Waals surface area contributed by atoms with Gasteiger partial charge >= 0.3 is 0 Å². The van der Waals surface area contributed by atoms with Gasteiger partial charge in [0.25, 0.3) is 5.91 Å². The Labute approximate surface area is 238 Å². The maximum absolute atomic E-state index is 12.7. The van der Waals surface area contributed by atoms with E-state index in [0.717, 1.165) is 51.6 Å². The van der Waals surface area contributed by atoms with Gasteiger partial charge in [-0.3, -0.25) is 14.6 Å². The van der Waals surface area contributed by atoms with E-state index >= 15 is 0 Å². The van der Waals surface area contributed by atoms with Crippen LogP contribution in [0.5, 0.6) is 0 Å². The molecule has 5 rings (SSSR count). The Kier molecular flexibility index (Phi) is 9.39. The second kappa shape index (κ2) is 13.1. The third kappa shape index (κ3) is 7.11. The molecule has 1 amide bonds. The van der Waals surface area contributed by atoms with Crippen molar-refractivity contribution in [2.45, 2.75) is 70.5 Å². The van der Waals surface area contributed by atoms with Crippen LogP contribution in [0.3, 0.4) is 0 Å². The van der Waals surface area contributed by atoms with Crippen molar-refractivity contribution >= 4 is 23.3 Å². The molecule has 1 aliphatic carbocycles. The summed E-state index contributed by atoms with van der Waals surface area (Å²) in [7, 11) is 0. The van der Waals surface area contributed by atoms with Crippen molar-refractivity contribution in [3.8, 4) is 6.07 Å². The predicted octanol–water partition coefficient (Wildman–Crippen LogP) is 5.09. The quantitative estimate of drug-likeness (QED) is 0.519. The first kappa shape index (κ1) is 27.9. The van der Waals surface area contributed by atoms with Gasteiger partial charge in [0.2, 0.25) is 0 Å². The number of nitriles is 1.